The molecule has 18 heavy (non-hydrogen) atoms. The molecular formula is C10H6FN3O4. The molecule has 0 saturated carbocycles. The Bertz CT molecular complexity index is 638. The van der Waals surface area contributed by atoms with Crippen LogP contribution in [0.25, 0.3) is 5.69 Å². The summed E-state index contributed by atoms with van der Waals surface area (Å²) in [5.41, 5.74) is -0.590. The van der Waals surface area contributed by atoms with Crippen molar-refractivity contribution in [3.05, 3.63) is 52.2 Å². The Morgan fingerprint density at radius 1 is 1.50 bits per heavy atom. The van der Waals surface area contributed by atoms with Crippen molar-refractivity contribution in [3.63, 3.8) is 0 Å². The van der Waals surface area contributed by atoms with Gasteiger partial charge in [0.05, 0.1) is 11.3 Å². The van der Waals surface area contributed by atoms with Gasteiger partial charge in [-0.1, -0.05) is 6.07 Å². The van der Waals surface area contributed by atoms with Crippen LogP contribution in [0.2, 0.25) is 0 Å². The van der Waals surface area contributed by atoms with E-state index in [1.807, 2.05) is 0 Å². The van der Waals surface area contributed by atoms with Gasteiger partial charge in [-0.15, -0.1) is 0 Å². The van der Waals surface area contributed by atoms with E-state index in [0.29, 0.717) is 0 Å². The number of aromatic carboxylic acids is 1. The van der Waals surface area contributed by atoms with Crippen LogP contribution in [0, 0.1) is 15.9 Å². The Balaban J connectivity index is 2.62. The van der Waals surface area contributed by atoms with E-state index < -0.39 is 22.5 Å². The summed E-state index contributed by atoms with van der Waals surface area (Å²) < 4.78 is 14.6. The number of rotatable bonds is 3. The first kappa shape index (κ1) is 11.7. The van der Waals surface area contributed by atoms with Crippen LogP contribution in [0.5, 0.6) is 0 Å². The molecule has 1 aromatic carbocycles. The third-order valence-electron chi connectivity index (χ3n) is 2.23. The lowest BCUT2D eigenvalue weighted by molar-refractivity contribution is -0.389. The van der Waals surface area contributed by atoms with E-state index in [2.05, 4.69) is 4.98 Å². The second-order valence-corrected chi connectivity index (χ2v) is 3.34. The zero-order valence-electron chi connectivity index (χ0n) is 8.78. The molecule has 0 unspecified atom stereocenters. The van der Waals surface area contributed by atoms with E-state index in [-0.39, 0.29) is 11.3 Å². The number of halogens is 1. The summed E-state index contributed by atoms with van der Waals surface area (Å²) in [5, 5.41) is 19.4. The van der Waals surface area contributed by atoms with Gasteiger partial charge in [0.15, 0.2) is 0 Å². The number of nitro groups is 1. The van der Waals surface area contributed by atoms with Crippen molar-refractivity contribution < 1.29 is 19.2 Å². The first-order valence-corrected chi connectivity index (χ1v) is 4.71. The summed E-state index contributed by atoms with van der Waals surface area (Å²) >= 11 is 0. The fraction of sp³-hybridized carbons (Fsp3) is 0. The highest BCUT2D eigenvalue weighted by Crippen LogP contribution is 2.20. The Labute approximate surface area is 99.3 Å². The lowest BCUT2D eigenvalue weighted by Crippen LogP contribution is -2.06. The molecule has 0 fully saturated rings. The van der Waals surface area contributed by atoms with Crippen LogP contribution in [0.3, 0.4) is 0 Å². The molecule has 0 radical (unpaired) electrons. The van der Waals surface area contributed by atoms with Crippen LogP contribution in [0.15, 0.2) is 30.7 Å². The van der Waals surface area contributed by atoms with Crippen molar-refractivity contribution in [1.29, 1.82) is 0 Å². The second kappa shape index (κ2) is 4.24. The zero-order valence-corrected chi connectivity index (χ0v) is 8.78. The van der Waals surface area contributed by atoms with Crippen LogP contribution in [0.1, 0.15) is 10.4 Å². The van der Waals surface area contributed by atoms with E-state index in [1.54, 1.807) is 0 Å². The Kier molecular flexibility index (Phi) is 2.76. The molecule has 1 heterocycles. The van der Waals surface area contributed by atoms with Crippen molar-refractivity contribution in [2.45, 2.75) is 0 Å². The largest absolute Gasteiger partial charge is 0.478 e. The summed E-state index contributed by atoms with van der Waals surface area (Å²) in [4.78, 5) is 24.1. The molecule has 0 atom stereocenters. The van der Waals surface area contributed by atoms with Crippen molar-refractivity contribution >= 4 is 11.8 Å². The summed E-state index contributed by atoms with van der Waals surface area (Å²) in [5.74, 6) is -2.63. The fourth-order valence-corrected chi connectivity index (χ4v) is 1.48. The van der Waals surface area contributed by atoms with Crippen molar-refractivity contribution in [3.8, 4) is 5.69 Å². The number of benzene rings is 1. The molecule has 2 rings (SSSR count). The number of hydrogen-bond donors (Lipinski definition) is 1. The molecule has 0 aliphatic heterocycles. The van der Waals surface area contributed by atoms with Gasteiger partial charge in [-0.3, -0.25) is 4.57 Å². The summed E-state index contributed by atoms with van der Waals surface area (Å²) in [7, 11) is 0. The quantitative estimate of drug-likeness (QED) is 0.660. The molecule has 92 valence electrons. The Morgan fingerprint density at radius 2 is 2.22 bits per heavy atom. The molecular weight excluding hydrogens is 245 g/mol. The Morgan fingerprint density at radius 3 is 2.78 bits per heavy atom. The number of aromatic nitrogens is 2. The molecule has 0 spiro atoms. The topological polar surface area (TPSA) is 98.3 Å². The molecule has 0 amide bonds. The number of imidazole rings is 1. The molecule has 7 nitrogen and oxygen atoms in total. The number of carboxylic acids is 1. The monoisotopic (exact) mass is 251 g/mol. The van der Waals surface area contributed by atoms with Crippen LogP contribution in [-0.4, -0.2) is 25.6 Å². The fourth-order valence-electron chi connectivity index (χ4n) is 1.48. The van der Waals surface area contributed by atoms with Crippen LogP contribution < -0.4 is 0 Å². The molecule has 0 bridgehead atoms. The predicted octanol–water partition coefficient (Wildman–Crippen LogP) is 1.62. The van der Waals surface area contributed by atoms with Gasteiger partial charge in [0.25, 0.3) is 0 Å². The molecule has 1 N–H and O–H groups in total. The lowest BCUT2D eigenvalue weighted by atomic mass is 10.1. The van der Waals surface area contributed by atoms with Crippen molar-refractivity contribution in [2.75, 3.05) is 0 Å². The average Bonchev–Trinajstić information content (AvgIpc) is 2.77. The van der Waals surface area contributed by atoms with Crippen molar-refractivity contribution in [1.82, 2.24) is 9.55 Å². The maximum Gasteiger partial charge on any atom is 0.381 e. The van der Waals surface area contributed by atoms with E-state index in [9.17, 15) is 19.3 Å². The molecule has 0 aliphatic carbocycles. The molecule has 0 saturated heterocycles. The van der Waals surface area contributed by atoms with Gasteiger partial charge in [0.1, 0.15) is 12.0 Å². The standard InChI is InChI=1S/C10H6FN3O4/c11-7-3-1-2-6(10(15)16)9(7)13-4-8(12-5-13)14(17)18/h1-5H,(H,15,16). The number of carboxylic acid groups (broad SMARTS) is 1. The normalized spacial score (nSPS) is 10.3. The zero-order chi connectivity index (χ0) is 13.3. The third kappa shape index (κ3) is 1.90. The van der Waals surface area contributed by atoms with E-state index in [1.165, 1.54) is 12.1 Å². The van der Waals surface area contributed by atoms with Gasteiger partial charge in [-0.25, -0.2) is 9.18 Å². The maximum atomic E-state index is 13.6. The number of hydrogen-bond acceptors (Lipinski definition) is 4. The smallest absolute Gasteiger partial charge is 0.381 e. The van der Waals surface area contributed by atoms with Crippen LogP contribution >= 0.6 is 0 Å². The first-order chi connectivity index (χ1) is 8.50. The van der Waals surface area contributed by atoms with Gasteiger partial charge in [-0.2, -0.15) is 0 Å². The number of carbonyl (C=O) groups is 1. The predicted molar refractivity (Wildman–Crippen MR) is 57.1 cm³/mol. The highest BCUT2D eigenvalue weighted by atomic mass is 19.1. The lowest BCUT2D eigenvalue weighted by Gasteiger charge is -2.06. The van der Waals surface area contributed by atoms with Gasteiger partial charge in [0, 0.05) is 0 Å². The molecule has 2 aromatic rings. The van der Waals surface area contributed by atoms with Gasteiger partial charge >= 0.3 is 11.8 Å². The SMILES string of the molecule is O=C(O)c1cccc(F)c1-n1cnc([N+](=O)[O-])c1. The number of para-hydroxylation sites is 1. The summed E-state index contributed by atoms with van der Waals surface area (Å²) in [6, 6.07) is 3.51. The third-order valence-corrected chi connectivity index (χ3v) is 2.23. The average molecular weight is 251 g/mol. The minimum absolute atomic E-state index is 0.286. The highest BCUT2D eigenvalue weighted by Gasteiger charge is 2.19. The van der Waals surface area contributed by atoms with E-state index in [4.69, 9.17) is 5.11 Å². The minimum atomic E-state index is -1.33. The van der Waals surface area contributed by atoms with Gasteiger partial charge in [-0.05, 0) is 22.0 Å². The van der Waals surface area contributed by atoms with E-state index in [0.717, 1.165) is 23.2 Å². The van der Waals surface area contributed by atoms with Crippen LogP contribution in [0.4, 0.5) is 10.2 Å². The van der Waals surface area contributed by atoms with Crippen molar-refractivity contribution in [2.24, 2.45) is 0 Å². The summed E-state index contributed by atoms with van der Waals surface area (Å²) in [6.07, 6.45) is 1.94. The first-order valence-electron chi connectivity index (χ1n) is 4.71. The van der Waals surface area contributed by atoms with E-state index >= 15 is 0 Å². The molecule has 8 heteroatoms. The molecule has 1 aromatic heterocycles. The number of nitrogens with zero attached hydrogens (tertiary/aromatic N) is 3. The van der Waals surface area contributed by atoms with Crippen LogP contribution in [-0.2, 0) is 0 Å². The van der Waals surface area contributed by atoms with Gasteiger partial charge in [0.2, 0.25) is 6.33 Å². The second-order valence-electron chi connectivity index (χ2n) is 3.34. The van der Waals surface area contributed by atoms with Gasteiger partial charge < -0.3 is 15.2 Å². The molecule has 0 aliphatic rings. The summed E-state index contributed by atoms with van der Waals surface area (Å²) in [6.45, 7) is 0. The minimum Gasteiger partial charge on any atom is -0.478 e. The maximum absolute atomic E-state index is 13.6. The highest BCUT2D eigenvalue weighted by molar-refractivity contribution is 5.92. The Hall–Kier alpha value is -2.77.